The molecule has 0 radical (unpaired) electrons. The summed E-state index contributed by atoms with van der Waals surface area (Å²) >= 11 is 0. The van der Waals surface area contributed by atoms with Crippen molar-refractivity contribution in [3.8, 4) is 0 Å². The molecule has 2 rings (SSSR count). The zero-order valence-corrected chi connectivity index (χ0v) is 10.8. The lowest BCUT2D eigenvalue weighted by atomic mass is 10.0. The van der Waals surface area contributed by atoms with Gasteiger partial charge < -0.3 is 4.98 Å². The fraction of sp³-hybridized carbons (Fsp3) is 0.462. The number of rotatable bonds is 3. The second kappa shape index (κ2) is 4.28. The third-order valence-corrected chi connectivity index (χ3v) is 3.06. The van der Waals surface area contributed by atoms with Crippen LogP contribution in [0.15, 0.2) is 30.9 Å². The number of aromatic amines is 1. The maximum atomic E-state index is 4.48. The number of nitrogens with zero attached hydrogens (tertiary/aromatic N) is 3. The molecule has 2 aromatic heterocycles. The lowest BCUT2D eigenvalue weighted by Gasteiger charge is -2.14. The van der Waals surface area contributed by atoms with Crippen LogP contribution in [0.5, 0.6) is 0 Å². The van der Waals surface area contributed by atoms with Crippen molar-refractivity contribution in [2.75, 3.05) is 0 Å². The van der Waals surface area contributed by atoms with Crippen molar-refractivity contribution in [2.24, 2.45) is 0 Å². The van der Waals surface area contributed by atoms with Crippen LogP contribution in [0.3, 0.4) is 0 Å². The van der Waals surface area contributed by atoms with Crippen molar-refractivity contribution >= 4 is 0 Å². The van der Waals surface area contributed by atoms with Crippen LogP contribution in [0.1, 0.15) is 45.0 Å². The molecule has 4 heteroatoms. The Morgan fingerprint density at radius 1 is 1.35 bits per heavy atom. The number of hydrogen-bond donors (Lipinski definition) is 1. The third kappa shape index (κ3) is 2.20. The molecule has 2 heterocycles. The second-order valence-electron chi connectivity index (χ2n) is 5.06. The number of hydrogen-bond acceptors (Lipinski definition) is 2. The zero-order valence-electron chi connectivity index (χ0n) is 10.8. The van der Waals surface area contributed by atoms with Gasteiger partial charge >= 0.3 is 0 Å². The zero-order chi connectivity index (χ0) is 12.5. The average molecular weight is 231 g/mol. The van der Waals surface area contributed by atoms with E-state index in [2.05, 4.69) is 48.8 Å². The highest BCUT2D eigenvalue weighted by Crippen LogP contribution is 2.15. The first-order valence-corrected chi connectivity index (χ1v) is 5.90. The molecular weight excluding hydrogens is 212 g/mol. The van der Waals surface area contributed by atoms with Crippen LogP contribution < -0.4 is 4.68 Å². The predicted molar refractivity (Wildman–Crippen MR) is 65.5 cm³/mol. The van der Waals surface area contributed by atoms with Gasteiger partial charge in [-0.15, -0.1) is 0 Å². The minimum atomic E-state index is -0.265. The quantitative estimate of drug-likeness (QED) is 0.821. The predicted octanol–water partition coefficient (Wildman–Crippen LogP) is 2.00. The third-order valence-electron chi connectivity index (χ3n) is 3.06. The number of imidazole rings is 1. The Morgan fingerprint density at radius 2 is 2.12 bits per heavy atom. The van der Waals surface area contributed by atoms with Gasteiger partial charge in [-0.25, -0.2) is 4.98 Å². The van der Waals surface area contributed by atoms with E-state index >= 15 is 0 Å². The molecule has 90 valence electrons. The van der Waals surface area contributed by atoms with E-state index in [9.17, 15) is 0 Å². The Hall–Kier alpha value is -1.71. The molecule has 0 amide bonds. The summed E-state index contributed by atoms with van der Waals surface area (Å²) in [4.78, 5) is 7.45. The van der Waals surface area contributed by atoms with Gasteiger partial charge in [0.2, 0.25) is 5.54 Å². The van der Waals surface area contributed by atoms with Gasteiger partial charge in [-0.3, -0.25) is 0 Å². The topological polar surface area (TPSA) is 45.5 Å². The van der Waals surface area contributed by atoms with Gasteiger partial charge in [0, 0.05) is 32.3 Å². The van der Waals surface area contributed by atoms with Gasteiger partial charge in [-0.1, -0.05) is 18.5 Å². The maximum absolute atomic E-state index is 4.48. The molecule has 0 saturated carbocycles. The first-order valence-electron chi connectivity index (χ1n) is 5.90. The van der Waals surface area contributed by atoms with E-state index in [1.54, 1.807) is 6.20 Å². The summed E-state index contributed by atoms with van der Waals surface area (Å²) in [6.45, 7) is 8.51. The fourth-order valence-corrected chi connectivity index (χ4v) is 1.75. The van der Waals surface area contributed by atoms with Crippen LogP contribution in [0.25, 0.3) is 0 Å². The molecule has 0 aliphatic heterocycles. The van der Waals surface area contributed by atoms with Gasteiger partial charge in [0.05, 0.1) is 6.20 Å². The second-order valence-corrected chi connectivity index (χ2v) is 5.06. The van der Waals surface area contributed by atoms with Crippen LogP contribution >= 0.6 is 0 Å². The van der Waals surface area contributed by atoms with E-state index in [0.717, 1.165) is 5.82 Å². The van der Waals surface area contributed by atoms with E-state index in [0.29, 0.717) is 5.92 Å². The molecule has 0 spiro atoms. The highest BCUT2D eigenvalue weighted by atomic mass is 15.3. The number of nitrogens with one attached hydrogen (secondary N) is 1. The van der Waals surface area contributed by atoms with Crippen molar-refractivity contribution < 1.29 is 4.68 Å². The van der Waals surface area contributed by atoms with E-state index in [1.807, 2.05) is 23.3 Å². The Balaban J connectivity index is 2.34. The summed E-state index contributed by atoms with van der Waals surface area (Å²) in [5.74, 6) is 1.41. The first kappa shape index (κ1) is 11.8. The molecule has 4 nitrogen and oxygen atoms in total. The van der Waals surface area contributed by atoms with Crippen molar-refractivity contribution in [3.63, 3.8) is 0 Å². The summed E-state index contributed by atoms with van der Waals surface area (Å²) in [5, 5.41) is 4.48. The Kier molecular flexibility index (Phi) is 2.96. The van der Waals surface area contributed by atoms with Gasteiger partial charge in [-0.05, 0) is 16.6 Å². The molecule has 0 aliphatic carbocycles. The monoisotopic (exact) mass is 231 g/mol. The lowest BCUT2D eigenvalue weighted by Crippen LogP contribution is -2.56. The largest absolute Gasteiger partial charge is 0.343 e. The number of H-pyrrole nitrogens is 1. The van der Waals surface area contributed by atoms with Gasteiger partial charge in [0.1, 0.15) is 0 Å². The summed E-state index contributed by atoms with van der Waals surface area (Å²) in [6.07, 6.45) is 7.54. The van der Waals surface area contributed by atoms with E-state index in [4.69, 9.17) is 0 Å². The smallest absolute Gasteiger partial charge is 0.244 e. The van der Waals surface area contributed by atoms with Crippen molar-refractivity contribution in [2.45, 2.75) is 39.2 Å². The Labute approximate surface area is 102 Å². The van der Waals surface area contributed by atoms with Crippen LogP contribution in [0.2, 0.25) is 0 Å². The maximum Gasteiger partial charge on any atom is 0.244 e. The van der Waals surface area contributed by atoms with E-state index < -0.39 is 0 Å². The summed E-state index contributed by atoms with van der Waals surface area (Å²) < 4.78 is 1.93. The molecule has 0 aromatic carbocycles. The van der Waals surface area contributed by atoms with E-state index in [-0.39, 0.29) is 5.54 Å². The average Bonchev–Trinajstić information content (AvgIpc) is 2.83. The van der Waals surface area contributed by atoms with Gasteiger partial charge in [0.15, 0.2) is 12.0 Å². The molecule has 0 bridgehead atoms. The minimum Gasteiger partial charge on any atom is -0.343 e. The SMILES string of the molecule is CC(C)c1cc[n+](C(C)(C)c2ncc[nH]2)nc1. The molecule has 2 aromatic rings. The van der Waals surface area contributed by atoms with Crippen molar-refractivity contribution in [1.82, 2.24) is 15.1 Å². The molecule has 0 atom stereocenters. The van der Waals surface area contributed by atoms with Gasteiger partial charge in [-0.2, -0.15) is 0 Å². The standard InChI is InChI=1S/C13H19N4/c1-10(2)11-5-8-17(16-9-11)13(3,4)12-14-6-7-15-12/h5-10H,1-4H3,(H,14,15)/q+1. The Bertz CT molecular complexity index is 469. The molecule has 17 heavy (non-hydrogen) atoms. The number of aromatic nitrogens is 4. The highest BCUT2D eigenvalue weighted by Gasteiger charge is 2.35. The van der Waals surface area contributed by atoms with Gasteiger partial charge in [0.25, 0.3) is 0 Å². The minimum absolute atomic E-state index is 0.265. The van der Waals surface area contributed by atoms with Crippen LogP contribution in [-0.2, 0) is 5.54 Å². The molecule has 0 unspecified atom stereocenters. The molecule has 0 aliphatic rings. The molecule has 1 N–H and O–H groups in total. The van der Waals surface area contributed by atoms with E-state index in [1.165, 1.54) is 5.56 Å². The molecular formula is C13H19N4+. The summed E-state index contributed by atoms with van der Waals surface area (Å²) in [5.41, 5.74) is 0.982. The molecule has 0 saturated heterocycles. The normalized spacial score (nSPS) is 12.1. The van der Waals surface area contributed by atoms with Crippen LogP contribution in [-0.4, -0.2) is 15.1 Å². The summed E-state index contributed by atoms with van der Waals surface area (Å²) in [7, 11) is 0. The highest BCUT2D eigenvalue weighted by molar-refractivity contribution is 5.08. The van der Waals surface area contributed by atoms with Crippen LogP contribution in [0, 0.1) is 0 Å². The molecule has 0 fully saturated rings. The fourth-order valence-electron chi connectivity index (χ4n) is 1.75. The van der Waals surface area contributed by atoms with Crippen molar-refractivity contribution in [3.05, 3.63) is 42.2 Å². The first-order chi connectivity index (χ1) is 8.01. The Morgan fingerprint density at radius 3 is 2.59 bits per heavy atom. The van der Waals surface area contributed by atoms with Crippen molar-refractivity contribution in [1.29, 1.82) is 0 Å². The van der Waals surface area contributed by atoms with Crippen LogP contribution in [0.4, 0.5) is 0 Å². The lowest BCUT2D eigenvalue weighted by molar-refractivity contribution is -0.801. The summed E-state index contributed by atoms with van der Waals surface area (Å²) in [6, 6.07) is 2.11.